The summed E-state index contributed by atoms with van der Waals surface area (Å²) in [5.74, 6) is -1.42. The van der Waals surface area contributed by atoms with E-state index in [-0.39, 0.29) is 48.8 Å². The number of rotatable bonds is 10. The minimum Gasteiger partial charge on any atom is -0.478 e. The third-order valence-electron chi connectivity index (χ3n) is 14.6. The number of azide groups is 1. The lowest BCUT2D eigenvalue weighted by molar-refractivity contribution is 0.0178. The van der Waals surface area contributed by atoms with Gasteiger partial charge in [-0.1, -0.05) is 41.5 Å². The maximum Gasteiger partial charge on any atom is 0.335 e. The van der Waals surface area contributed by atoms with Gasteiger partial charge in [-0.2, -0.15) is 0 Å². The number of anilines is 4. The van der Waals surface area contributed by atoms with Gasteiger partial charge in [0, 0.05) is 78.1 Å². The van der Waals surface area contributed by atoms with Crippen molar-refractivity contribution >= 4 is 34.6 Å². The average molecular weight is 1060 g/mol. The average Bonchev–Trinajstić information content (AvgIpc) is 3.42. The van der Waals surface area contributed by atoms with Crippen LogP contribution < -0.4 is 26.6 Å². The predicted molar refractivity (Wildman–Crippen MR) is 291 cm³/mol. The fourth-order valence-corrected chi connectivity index (χ4v) is 10.3. The van der Waals surface area contributed by atoms with Crippen LogP contribution in [0.25, 0.3) is 32.7 Å². The number of aromatic carboxylic acids is 1. The molecular formula is C58H64F4N10O5. The molecule has 0 unspecified atom stereocenters. The Morgan fingerprint density at radius 3 is 1.79 bits per heavy atom. The highest BCUT2D eigenvalue weighted by molar-refractivity contribution is 6.04. The highest BCUT2D eigenvalue weighted by atomic mass is 19.2. The first-order valence-corrected chi connectivity index (χ1v) is 25.4. The third-order valence-corrected chi connectivity index (χ3v) is 14.6. The van der Waals surface area contributed by atoms with Crippen LogP contribution in [0.2, 0.25) is 0 Å². The van der Waals surface area contributed by atoms with E-state index in [0.29, 0.717) is 50.8 Å². The number of halogens is 4. The molecule has 4 aliphatic heterocycles. The van der Waals surface area contributed by atoms with E-state index >= 15 is 8.78 Å². The van der Waals surface area contributed by atoms with E-state index in [4.69, 9.17) is 31.6 Å². The highest BCUT2D eigenvalue weighted by Crippen LogP contribution is 2.44. The van der Waals surface area contributed by atoms with E-state index in [1.165, 1.54) is 58.3 Å². The molecule has 10 rings (SSSR count). The SMILES string of the molecule is CC(C)(F)c1cc(C(=O)O)ccn1.Cc1ccc(N)cc1-c1ccc2c(c1)N1CCOC[C@H]1[C@](F)(CN=[N+]=[N-])C2.Cc1ccc(NC(=O)c2ccnc(C(C)(C)F)c2)cc1-c1ccc2c(c1)N1CCOC[C@H]1[C@](F)(CN)C2. The molecule has 0 bridgehead atoms. The quantitative estimate of drug-likeness (QED) is 0.0332. The van der Waals surface area contributed by atoms with Crippen molar-refractivity contribution < 1.29 is 41.7 Å². The van der Waals surface area contributed by atoms with Gasteiger partial charge in [0.05, 0.1) is 62.0 Å². The largest absolute Gasteiger partial charge is 0.478 e. The fraction of sp³-hybridized carbons (Fsp3) is 0.379. The van der Waals surface area contributed by atoms with Gasteiger partial charge >= 0.3 is 5.97 Å². The number of ether oxygens (including phenoxy) is 2. The summed E-state index contributed by atoms with van der Waals surface area (Å²) in [7, 11) is 0. The summed E-state index contributed by atoms with van der Waals surface area (Å²) in [6, 6.07) is 28.5. The number of benzene rings is 4. The number of pyridine rings is 2. The van der Waals surface area contributed by atoms with Gasteiger partial charge in [-0.3, -0.25) is 14.8 Å². The number of nitrogens with one attached hydrogen (secondary N) is 1. The van der Waals surface area contributed by atoms with Crippen LogP contribution in [0.3, 0.4) is 0 Å². The molecule has 6 heterocycles. The summed E-state index contributed by atoms with van der Waals surface area (Å²) in [5, 5.41) is 15.1. The van der Waals surface area contributed by atoms with Gasteiger partial charge in [-0.25, -0.2) is 22.4 Å². The van der Waals surface area contributed by atoms with Gasteiger partial charge in [-0.05, 0) is 152 Å². The van der Waals surface area contributed by atoms with Crippen molar-refractivity contribution in [2.24, 2.45) is 10.8 Å². The van der Waals surface area contributed by atoms with E-state index in [1.807, 2.05) is 67.6 Å². The predicted octanol–water partition coefficient (Wildman–Crippen LogP) is 11.0. The smallest absolute Gasteiger partial charge is 0.335 e. The molecular weight excluding hydrogens is 993 g/mol. The number of morpholine rings is 2. The van der Waals surface area contributed by atoms with Crippen LogP contribution in [0.15, 0.2) is 115 Å². The topological polar surface area (TPSA) is 218 Å². The van der Waals surface area contributed by atoms with Crippen molar-refractivity contribution in [2.45, 2.75) is 89.1 Å². The van der Waals surface area contributed by atoms with E-state index in [0.717, 1.165) is 61.6 Å². The standard InChI is InChI=1S/C29H32F2N4O2.C20H22FN5O.C9H10FNO2/c1-18-4-7-22(34-27(36)20-8-9-33-25(13-20)28(2,3)30)14-23(18)19-5-6-21-15-29(31,17-32)26-16-37-11-10-35(26)24(21)12-19;1-13-2-5-16(22)9-17(13)14-3-4-15-10-20(21,12-24-25-23)19-11-27-7-6-26(19)18(15)8-14;1-9(2,10)7-5-6(8(12)13)3-4-11-7/h4-9,12-14,26H,10-11,15-17,32H2,1-3H3,(H,34,36);2-5,8-9,19H,6-7,10-12,22H2,1H3;3-5H,1-2H3,(H,12,13)/t26-,29+;19-,20+;/m00./s1. The summed E-state index contributed by atoms with van der Waals surface area (Å²) in [6.45, 7) is 12.2. The van der Waals surface area contributed by atoms with Crippen molar-refractivity contribution in [3.8, 4) is 22.3 Å². The molecule has 0 radical (unpaired) electrons. The number of carboxylic acids is 1. The Morgan fingerprint density at radius 2 is 1.26 bits per heavy atom. The first-order valence-electron chi connectivity index (χ1n) is 25.4. The molecule has 0 spiro atoms. The Balaban J connectivity index is 0.000000171. The Morgan fingerprint density at radius 1 is 0.753 bits per heavy atom. The molecule has 15 nitrogen and oxygen atoms in total. The summed E-state index contributed by atoms with van der Waals surface area (Å²) in [5.41, 5.74) is 26.3. The minimum atomic E-state index is -1.65. The fourth-order valence-electron chi connectivity index (χ4n) is 10.3. The number of nitrogen functional groups attached to an aromatic ring is 1. The number of carbonyl (C=O) groups excluding carboxylic acids is 1. The van der Waals surface area contributed by atoms with Crippen LogP contribution in [0.1, 0.15) is 82.1 Å². The molecule has 1 amide bonds. The second kappa shape index (κ2) is 22.6. The maximum absolute atomic E-state index is 15.7. The van der Waals surface area contributed by atoms with Gasteiger partial charge in [0.25, 0.3) is 5.91 Å². The Hall–Kier alpha value is -7.57. The molecule has 77 heavy (non-hydrogen) atoms. The molecule has 2 saturated heterocycles. The van der Waals surface area contributed by atoms with Crippen LogP contribution >= 0.6 is 0 Å². The molecule has 6 aromatic rings. The lowest BCUT2D eigenvalue weighted by Gasteiger charge is -2.49. The van der Waals surface area contributed by atoms with Gasteiger partial charge in [0.1, 0.15) is 22.7 Å². The van der Waals surface area contributed by atoms with Crippen LogP contribution in [0.5, 0.6) is 0 Å². The number of nitrogens with two attached hydrogens (primary N) is 2. The lowest BCUT2D eigenvalue weighted by atomic mass is 9.81. The van der Waals surface area contributed by atoms with Crippen LogP contribution in [-0.4, -0.2) is 103 Å². The van der Waals surface area contributed by atoms with Gasteiger partial charge in [-0.15, -0.1) is 0 Å². The van der Waals surface area contributed by atoms with Gasteiger partial charge < -0.3 is 41.2 Å². The number of aryl methyl sites for hydroxylation is 2. The Labute approximate surface area is 445 Å². The Bertz CT molecular complexity index is 3220. The van der Waals surface area contributed by atoms with E-state index < -0.39 is 40.7 Å². The number of carboxylic acid groups (broad SMARTS) is 1. The molecule has 2 aromatic heterocycles. The number of carbonyl (C=O) groups is 2. The number of hydrogen-bond acceptors (Lipinski definition) is 11. The van der Waals surface area contributed by atoms with Crippen molar-refractivity contribution in [1.29, 1.82) is 0 Å². The highest BCUT2D eigenvalue weighted by Gasteiger charge is 2.49. The number of alkyl halides is 4. The van der Waals surface area contributed by atoms with Crippen LogP contribution in [0, 0.1) is 13.8 Å². The molecule has 19 heteroatoms. The normalized spacial score (nSPS) is 20.5. The molecule has 4 aliphatic rings. The van der Waals surface area contributed by atoms with E-state index in [2.05, 4.69) is 54.2 Å². The van der Waals surface area contributed by atoms with Crippen molar-refractivity contribution in [3.63, 3.8) is 0 Å². The van der Waals surface area contributed by atoms with E-state index in [9.17, 15) is 18.4 Å². The van der Waals surface area contributed by atoms with E-state index in [1.54, 1.807) is 6.07 Å². The summed E-state index contributed by atoms with van der Waals surface area (Å²) in [6.07, 6.45) is 3.19. The third kappa shape index (κ3) is 12.3. The molecule has 4 atom stereocenters. The molecule has 2 fully saturated rings. The van der Waals surface area contributed by atoms with Crippen molar-refractivity contribution in [1.82, 2.24) is 9.97 Å². The number of fused-ring (bicyclic) bond motifs is 6. The zero-order chi connectivity index (χ0) is 55.5. The number of nitrogens with zero attached hydrogens (tertiary/aromatic N) is 7. The summed E-state index contributed by atoms with van der Waals surface area (Å²) < 4.78 is 70.2. The zero-order valence-corrected chi connectivity index (χ0v) is 44.0. The second-order valence-electron chi connectivity index (χ2n) is 20.9. The second-order valence-corrected chi connectivity index (χ2v) is 20.9. The van der Waals surface area contributed by atoms with Crippen LogP contribution in [0.4, 0.5) is 40.3 Å². The Kier molecular flexibility index (Phi) is 16.3. The molecule has 0 aliphatic carbocycles. The van der Waals surface area contributed by atoms with Gasteiger partial charge in [0.15, 0.2) is 0 Å². The number of hydrogen-bond donors (Lipinski definition) is 4. The monoisotopic (exact) mass is 1060 g/mol. The van der Waals surface area contributed by atoms with Crippen molar-refractivity contribution in [3.05, 3.63) is 165 Å². The minimum absolute atomic E-state index is 0.0516. The van der Waals surface area contributed by atoms with Crippen LogP contribution in [-0.2, 0) is 33.7 Å². The number of amides is 1. The molecule has 4 aromatic carbocycles. The molecule has 6 N–H and O–H groups in total. The first kappa shape index (κ1) is 55.7. The first-order chi connectivity index (χ1) is 36.5. The summed E-state index contributed by atoms with van der Waals surface area (Å²) >= 11 is 0. The van der Waals surface area contributed by atoms with Crippen molar-refractivity contribution in [2.75, 3.05) is 73.5 Å². The van der Waals surface area contributed by atoms with Gasteiger partial charge in [0.2, 0.25) is 0 Å². The maximum atomic E-state index is 15.7. The number of aromatic nitrogens is 2. The summed E-state index contributed by atoms with van der Waals surface area (Å²) in [4.78, 5) is 38.2. The lowest BCUT2D eigenvalue weighted by Crippen LogP contribution is -2.63. The molecule has 0 saturated carbocycles. The zero-order valence-electron chi connectivity index (χ0n) is 44.0. The molecule has 404 valence electrons.